The monoisotopic (exact) mass is 1000 g/mol. The van der Waals surface area contributed by atoms with Gasteiger partial charge in [-0.3, -0.25) is 14.4 Å². The molecule has 72 heavy (non-hydrogen) atoms. The van der Waals surface area contributed by atoms with Gasteiger partial charge in [0.15, 0.2) is 6.10 Å². The van der Waals surface area contributed by atoms with Crippen LogP contribution < -0.4 is 0 Å². The lowest BCUT2D eigenvalue weighted by atomic mass is 10.0. The van der Waals surface area contributed by atoms with Crippen LogP contribution in [0.2, 0.25) is 0 Å². The highest BCUT2D eigenvalue weighted by Gasteiger charge is 2.19. The van der Waals surface area contributed by atoms with Crippen molar-refractivity contribution >= 4 is 17.9 Å². The van der Waals surface area contributed by atoms with Crippen molar-refractivity contribution in [3.05, 3.63) is 85.1 Å². The molecule has 0 aliphatic rings. The lowest BCUT2D eigenvalue weighted by Crippen LogP contribution is -2.30. The number of allylic oxidation sites excluding steroid dienone is 14. The van der Waals surface area contributed by atoms with Crippen molar-refractivity contribution in [3.8, 4) is 0 Å². The van der Waals surface area contributed by atoms with Crippen molar-refractivity contribution in [1.29, 1.82) is 0 Å². The highest BCUT2D eigenvalue weighted by molar-refractivity contribution is 5.71. The second kappa shape index (κ2) is 60.1. The van der Waals surface area contributed by atoms with E-state index >= 15 is 0 Å². The quantitative estimate of drug-likeness (QED) is 0.0261. The Kier molecular flexibility index (Phi) is 57.3. The van der Waals surface area contributed by atoms with Crippen molar-refractivity contribution in [2.75, 3.05) is 13.2 Å². The third-order valence-corrected chi connectivity index (χ3v) is 13.1. The van der Waals surface area contributed by atoms with Gasteiger partial charge in [-0.2, -0.15) is 0 Å². The van der Waals surface area contributed by atoms with Gasteiger partial charge < -0.3 is 14.2 Å². The van der Waals surface area contributed by atoms with E-state index in [0.717, 1.165) is 109 Å². The number of unbranched alkanes of at least 4 members (excludes halogenated alkanes) is 30. The standard InChI is InChI=1S/C66H114O6/c1-4-7-10-13-16-19-22-23-24-25-26-27-28-29-30-31-32-33-34-35-36-37-38-39-40-41-42-43-45-47-50-53-56-59-65(68)71-62-63(61-70-64(67)58-55-52-49-46-21-18-15-12-9-6-3)72-66(69)60-57-54-51-48-44-20-17-14-11-8-5-2/h7,10,14,16-17,19,23-24,26-27,29-30,32-33,63H,4-6,8-9,11-13,15,18,20-22,25,28,31,34-62H2,1-3H3/b10-7-,17-14-,19-16-,24-23-,27-26-,30-29-,33-32-. The third-order valence-electron chi connectivity index (χ3n) is 13.1. The van der Waals surface area contributed by atoms with Crippen molar-refractivity contribution in [3.63, 3.8) is 0 Å². The Morgan fingerprint density at radius 2 is 0.556 bits per heavy atom. The van der Waals surface area contributed by atoms with E-state index in [1.165, 1.54) is 148 Å². The molecule has 6 nitrogen and oxygen atoms in total. The molecule has 414 valence electrons. The van der Waals surface area contributed by atoms with Gasteiger partial charge in [-0.1, -0.05) is 273 Å². The van der Waals surface area contributed by atoms with Crippen LogP contribution in [-0.2, 0) is 28.6 Å². The first-order valence-corrected chi connectivity index (χ1v) is 30.6. The first-order valence-electron chi connectivity index (χ1n) is 30.6. The minimum Gasteiger partial charge on any atom is -0.462 e. The summed E-state index contributed by atoms with van der Waals surface area (Å²) >= 11 is 0. The van der Waals surface area contributed by atoms with Crippen LogP contribution in [0.4, 0.5) is 0 Å². The van der Waals surface area contributed by atoms with Crippen molar-refractivity contribution < 1.29 is 28.6 Å². The van der Waals surface area contributed by atoms with E-state index < -0.39 is 6.10 Å². The van der Waals surface area contributed by atoms with E-state index in [1.54, 1.807) is 0 Å². The number of carbonyl (C=O) groups excluding carboxylic acids is 3. The Hall–Kier alpha value is -3.41. The van der Waals surface area contributed by atoms with Crippen LogP contribution in [0.3, 0.4) is 0 Å². The molecule has 0 bridgehead atoms. The highest BCUT2D eigenvalue weighted by Crippen LogP contribution is 2.16. The molecule has 0 aromatic carbocycles. The zero-order valence-corrected chi connectivity index (χ0v) is 47.4. The summed E-state index contributed by atoms with van der Waals surface area (Å²) < 4.78 is 16.8. The highest BCUT2D eigenvalue weighted by atomic mass is 16.6. The first-order chi connectivity index (χ1) is 35.5. The number of carbonyl (C=O) groups is 3. The zero-order valence-electron chi connectivity index (χ0n) is 47.4. The molecule has 0 fully saturated rings. The zero-order chi connectivity index (χ0) is 52.2. The van der Waals surface area contributed by atoms with Gasteiger partial charge in [-0.15, -0.1) is 0 Å². The molecule has 0 radical (unpaired) electrons. The van der Waals surface area contributed by atoms with E-state index in [4.69, 9.17) is 14.2 Å². The Bertz CT molecular complexity index is 1380. The van der Waals surface area contributed by atoms with Gasteiger partial charge >= 0.3 is 17.9 Å². The normalized spacial score (nSPS) is 12.7. The minimum absolute atomic E-state index is 0.0757. The van der Waals surface area contributed by atoms with Gasteiger partial charge in [0.25, 0.3) is 0 Å². The minimum atomic E-state index is -0.776. The number of esters is 3. The van der Waals surface area contributed by atoms with Gasteiger partial charge in [0.2, 0.25) is 0 Å². The molecule has 0 aromatic heterocycles. The van der Waals surface area contributed by atoms with Crippen molar-refractivity contribution in [1.82, 2.24) is 0 Å². The Morgan fingerprint density at radius 1 is 0.292 bits per heavy atom. The van der Waals surface area contributed by atoms with E-state index in [0.29, 0.717) is 19.3 Å². The molecule has 0 rings (SSSR count). The summed E-state index contributed by atoms with van der Waals surface area (Å²) in [7, 11) is 0. The second-order valence-electron chi connectivity index (χ2n) is 20.2. The molecule has 0 spiro atoms. The largest absolute Gasteiger partial charge is 0.462 e. The Labute approximate surface area is 445 Å². The van der Waals surface area contributed by atoms with Crippen LogP contribution in [-0.4, -0.2) is 37.2 Å². The Balaban J connectivity index is 4.06. The maximum atomic E-state index is 12.8. The number of ether oxygens (including phenoxy) is 3. The van der Waals surface area contributed by atoms with Crippen LogP contribution in [0.15, 0.2) is 85.1 Å². The molecule has 0 saturated heterocycles. The molecule has 0 N–H and O–H groups in total. The summed E-state index contributed by atoms with van der Waals surface area (Å²) in [5.41, 5.74) is 0. The number of hydrogen-bond acceptors (Lipinski definition) is 6. The lowest BCUT2D eigenvalue weighted by Gasteiger charge is -2.18. The molecule has 0 heterocycles. The summed E-state index contributed by atoms with van der Waals surface area (Å²) in [5.74, 6) is -0.880. The fourth-order valence-electron chi connectivity index (χ4n) is 8.55. The SMILES string of the molecule is CC/C=C\C/C=C\C/C=C\C/C=C\C/C=C\C/C=C\CCCCCCCCCCCCCCCCC(=O)OCC(COC(=O)CCCCCCCCCCCC)OC(=O)CCCCCCC/C=C\CCCC. The third kappa shape index (κ3) is 57.5. The van der Waals surface area contributed by atoms with Gasteiger partial charge in [-0.05, 0) is 89.9 Å². The Morgan fingerprint density at radius 3 is 0.903 bits per heavy atom. The average molecular weight is 1000 g/mol. The summed E-state index contributed by atoms with van der Waals surface area (Å²) in [6, 6.07) is 0. The van der Waals surface area contributed by atoms with Crippen molar-refractivity contribution in [2.45, 2.75) is 303 Å². The van der Waals surface area contributed by atoms with Crippen LogP contribution in [0.1, 0.15) is 297 Å². The van der Waals surface area contributed by atoms with E-state index in [9.17, 15) is 14.4 Å². The fraction of sp³-hybridized carbons (Fsp3) is 0.742. The maximum Gasteiger partial charge on any atom is 0.306 e. The first kappa shape index (κ1) is 68.6. The smallest absolute Gasteiger partial charge is 0.306 e. The molecule has 6 heteroatoms. The predicted octanol–water partition coefficient (Wildman–Crippen LogP) is 20.7. The molecule has 0 aliphatic heterocycles. The van der Waals surface area contributed by atoms with Crippen molar-refractivity contribution in [2.24, 2.45) is 0 Å². The maximum absolute atomic E-state index is 12.8. The molecule has 0 aromatic rings. The topological polar surface area (TPSA) is 78.9 Å². The molecule has 1 unspecified atom stereocenters. The fourth-order valence-corrected chi connectivity index (χ4v) is 8.55. The summed E-state index contributed by atoms with van der Waals surface area (Å²) in [6.45, 7) is 6.48. The average Bonchev–Trinajstić information content (AvgIpc) is 3.38. The summed E-state index contributed by atoms with van der Waals surface area (Å²) in [4.78, 5) is 38.0. The molecular weight excluding hydrogens is 889 g/mol. The van der Waals surface area contributed by atoms with E-state index in [1.807, 2.05) is 0 Å². The lowest BCUT2D eigenvalue weighted by molar-refractivity contribution is -0.167. The summed E-state index contributed by atoms with van der Waals surface area (Å²) in [6.07, 6.45) is 78.9. The van der Waals surface area contributed by atoms with Crippen LogP contribution >= 0.6 is 0 Å². The molecular formula is C66H114O6. The van der Waals surface area contributed by atoms with Crippen LogP contribution in [0.25, 0.3) is 0 Å². The molecule has 0 amide bonds. The van der Waals surface area contributed by atoms with Gasteiger partial charge in [-0.25, -0.2) is 0 Å². The number of rotatable bonds is 55. The molecule has 0 saturated carbocycles. The van der Waals surface area contributed by atoms with Crippen LogP contribution in [0.5, 0.6) is 0 Å². The van der Waals surface area contributed by atoms with E-state index in [-0.39, 0.29) is 31.1 Å². The van der Waals surface area contributed by atoms with E-state index in [2.05, 4.69) is 106 Å². The summed E-state index contributed by atoms with van der Waals surface area (Å²) in [5, 5.41) is 0. The molecule has 0 aliphatic carbocycles. The van der Waals surface area contributed by atoms with Gasteiger partial charge in [0.1, 0.15) is 13.2 Å². The van der Waals surface area contributed by atoms with Gasteiger partial charge in [0.05, 0.1) is 0 Å². The predicted molar refractivity (Wildman–Crippen MR) is 311 cm³/mol. The van der Waals surface area contributed by atoms with Gasteiger partial charge in [0, 0.05) is 19.3 Å². The molecule has 1 atom stereocenters. The second-order valence-corrected chi connectivity index (χ2v) is 20.2. The number of hydrogen-bond donors (Lipinski definition) is 0. The van der Waals surface area contributed by atoms with Crippen LogP contribution in [0, 0.1) is 0 Å².